The van der Waals surface area contributed by atoms with Gasteiger partial charge in [0.1, 0.15) is 0 Å². The molecule has 2 heteroatoms. The van der Waals surface area contributed by atoms with Gasteiger partial charge in [-0.15, -0.1) is 0 Å². The molecule has 1 aliphatic rings. The minimum Gasteiger partial charge on any atom is -0.380 e. The minimum atomic E-state index is 0.354. The van der Waals surface area contributed by atoms with E-state index >= 15 is 0 Å². The molecule has 84 valence electrons. The van der Waals surface area contributed by atoms with Crippen molar-refractivity contribution in [3.05, 3.63) is 0 Å². The first-order chi connectivity index (χ1) is 6.54. The van der Waals surface area contributed by atoms with Crippen LogP contribution >= 0.6 is 0 Å². The number of rotatable bonds is 6. The Balaban J connectivity index is 2.23. The molecule has 0 aromatic rings. The summed E-state index contributed by atoms with van der Waals surface area (Å²) in [4.78, 5) is 0. The molecule has 1 fully saturated rings. The Labute approximate surface area is 88.2 Å². The van der Waals surface area contributed by atoms with Crippen LogP contribution in [0.4, 0.5) is 0 Å². The highest BCUT2D eigenvalue weighted by atomic mass is 16.5. The highest BCUT2D eigenvalue weighted by Gasteiger charge is 2.38. The van der Waals surface area contributed by atoms with E-state index < -0.39 is 0 Å². The maximum Gasteiger partial charge on any atom is 0.0544 e. The summed E-state index contributed by atoms with van der Waals surface area (Å²) in [6, 6.07) is 0.354. The van der Waals surface area contributed by atoms with Gasteiger partial charge >= 0.3 is 0 Å². The van der Waals surface area contributed by atoms with E-state index in [0.717, 1.165) is 25.6 Å². The fraction of sp³-hybridized carbons (Fsp3) is 1.00. The number of hydrogen-bond acceptors (Lipinski definition) is 2. The standard InChI is InChI=1S/C12H25NO/c1-10(2)7-12(8-14-9-12)6-4-5-11(3)13/h10-11H,4-9,13H2,1-3H3. The molecular weight excluding hydrogens is 174 g/mol. The second-order valence-electron chi connectivity index (χ2n) is 5.46. The molecule has 2 nitrogen and oxygen atoms in total. The van der Waals surface area contributed by atoms with E-state index in [9.17, 15) is 0 Å². The summed E-state index contributed by atoms with van der Waals surface area (Å²) in [5, 5.41) is 0. The largest absolute Gasteiger partial charge is 0.380 e. The molecule has 1 rings (SSSR count). The van der Waals surface area contributed by atoms with Crippen molar-refractivity contribution in [1.82, 2.24) is 0 Å². The van der Waals surface area contributed by atoms with Crippen molar-refractivity contribution >= 4 is 0 Å². The Morgan fingerprint density at radius 1 is 1.29 bits per heavy atom. The summed E-state index contributed by atoms with van der Waals surface area (Å²) >= 11 is 0. The van der Waals surface area contributed by atoms with Crippen LogP contribution < -0.4 is 5.73 Å². The van der Waals surface area contributed by atoms with Crippen LogP contribution in [0.2, 0.25) is 0 Å². The predicted octanol–water partition coefficient (Wildman–Crippen LogP) is 2.57. The molecule has 0 amide bonds. The van der Waals surface area contributed by atoms with E-state index in [-0.39, 0.29) is 0 Å². The van der Waals surface area contributed by atoms with E-state index in [2.05, 4.69) is 20.8 Å². The van der Waals surface area contributed by atoms with Crippen LogP contribution in [0.15, 0.2) is 0 Å². The zero-order chi connectivity index (χ0) is 10.6. The average Bonchev–Trinajstić information content (AvgIpc) is 1.98. The van der Waals surface area contributed by atoms with Crippen molar-refractivity contribution in [3.8, 4) is 0 Å². The molecule has 0 aliphatic carbocycles. The smallest absolute Gasteiger partial charge is 0.0544 e. The topological polar surface area (TPSA) is 35.2 Å². The molecule has 0 saturated carbocycles. The fourth-order valence-electron chi connectivity index (χ4n) is 2.42. The highest BCUT2D eigenvalue weighted by molar-refractivity contribution is 4.86. The highest BCUT2D eigenvalue weighted by Crippen LogP contribution is 2.39. The first kappa shape index (κ1) is 12.0. The lowest BCUT2D eigenvalue weighted by atomic mass is 9.74. The number of nitrogens with two attached hydrogens (primary N) is 1. The van der Waals surface area contributed by atoms with Crippen molar-refractivity contribution < 1.29 is 4.74 Å². The maximum atomic E-state index is 5.75. The maximum absolute atomic E-state index is 5.75. The van der Waals surface area contributed by atoms with Gasteiger partial charge in [0.2, 0.25) is 0 Å². The summed E-state index contributed by atoms with van der Waals surface area (Å²) in [7, 11) is 0. The van der Waals surface area contributed by atoms with Gasteiger partial charge < -0.3 is 10.5 Å². The van der Waals surface area contributed by atoms with Crippen LogP contribution in [0.3, 0.4) is 0 Å². The first-order valence-corrected chi connectivity index (χ1v) is 5.87. The van der Waals surface area contributed by atoms with Crippen LogP contribution in [-0.2, 0) is 4.74 Å². The van der Waals surface area contributed by atoms with Crippen molar-refractivity contribution in [3.63, 3.8) is 0 Å². The Morgan fingerprint density at radius 2 is 1.93 bits per heavy atom. The quantitative estimate of drug-likeness (QED) is 0.713. The Hall–Kier alpha value is -0.0800. The van der Waals surface area contributed by atoms with Gasteiger partial charge in [-0.25, -0.2) is 0 Å². The minimum absolute atomic E-state index is 0.354. The Bertz CT molecular complexity index is 162. The lowest BCUT2D eigenvalue weighted by Crippen LogP contribution is -2.43. The third kappa shape index (κ3) is 3.58. The molecule has 1 saturated heterocycles. The van der Waals surface area contributed by atoms with E-state index in [1.165, 1.54) is 19.3 Å². The molecule has 1 atom stereocenters. The first-order valence-electron chi connectivity index (χ1n) is 5.87. The zero-order valence-electron chi connectivity index (χ0n) is 9.88. The molecule has 0 spiro atoms. The van der Waals surface area contributed by atoms with E-state index in [1.807, 2.05) is 0 Å². The van der Waals surface area contributed by atoms with Gasteiger partial charge in [0.05, 0.1) is 13.2 Å². The lowest BCUT2D eigenvalue weighted by molar-refractivity contribution is -0.128. The van der Waals surface area contributed by atoms with Gasteiger partial charge in [0.15, 0.2) is 0 Å². The SMILES string of the molecule is CC(C)CC1(CCCC(C)N)COC1. The predicted molar refractivity (Wildman–Crippen MR) is 60.2 cm³/mol. The van der Waals surface area contributed by atoms with Crippen LogP contribution in [0, 0.1) is 11.3 Å². The third-order valence-corrected chi connectivity index (χ3v) is 3.02. The summed E-state index contributed by atoms with van der Waals surface area (Å²) in [5.74, 6) is 0.786. The molecule has 1 unspecified atom stereocenters. The van der Waals surface area contributed by atoms with Crippen molar-refractivity contribution in [2.75, 3.05) is 13.2 Å². The molecule has 2 N–H and O–H groups in total. The second kappa shape index (κ2) is 5.13. The average molecular weight is 199 g/mol. The monoisotopic (exact) mass is 199 g/mol. The van der Waals surface area contributed by atoms with Gasteiger partial charge in [0, 0.05) is 11.5 Å². The van der Waals surface area contributed by atoms with Crippen molar-refractivity contribution in [2.24, 2.45) is 17.1 Å². The fourth-order valence-corrected chi connectivity index (χ4v) is 2.42. The molecule has 0 radical (unpaired) electrons. The zero-order valence-corrected chi connectivity index (χ0v) is 9.88. The van der Waals surface area contributed by atoms with Crippen LogP contribution in [0.5, 0.6) is 0 Å². The van der Waals surface area contributed by atoms with Crippen molar-refractivity contribution in [2.45, 2.75) is 52.5 Å². The second-order valence-corrected chi connectivity index (χ2v) is 5.46. The van der Waals surface area contributed by atoms with Crippen molar-refractivity contribution in [1.29, 1.82) is 0 Å². The lowest BCUT2D eigenvalue weighted by Gasteiger charge is -2.43. The number of hydrogen-bond donors (Lipinski definition) is 1. The molecule has 1 heterocycles. The van der Waals surface area contributed by atoms with E-state index in [0.29, 0.717) is 11.5 Å². The van der Waals surface area contributed by atoms with Crippen LogP contribution in [0.25, 0.3) is 0 Å². The third-order valence-electron chi connectivity index (χ3n) is 3.02. The summed E-state index contributed by atoms with van der Waals surface area (Å²) in [6.45, 7) is 8.64. The normalized spacial score (nSPS) is 22.1. The molecule has 0 bridgehead atoms. The van der Waals surface area contributed by atoms with Gasteiger partial charge in [-0.2, -0.15) is 0 Å². The van der Waals surface area contributed by atoms with E-state index in [4.69, 9.17) is 10.5 Å². The molecule has 14 heavy (non-hydrogen) atoms. The van der Waals surface area contributed by atoms with Crippen LogP contribution in [-0.4, -0.2) is 19.3 Å². The number of ether oxygens (including phenoxy) is 1. The summed E-state index contributed by atoms with van der Waals surface area (Å²) in [5.41, 5.74) is 6.25. The molecule has 0 aromatic carbocycles. The van der Waals surface area contributed by atoms with Crippen LogP contribution in [0.1, 0.15) is 46.5 Å². The summed E-state index contributed by atoms with van der Waals surface area (Å²) < 4.78 is 5.37. The molecular formula is C12H25NO. The summed E-state index contributed by atoms with van der Waals surface area (Å²) in [6.07, 6.45) is 5.02. The van der Waals surface area contributed by atoms with E-state index in [1.54, 1.807) is 0 Å². The van der Waals surface area contributed by atoms with Gasteiger partial charge in [-0.3, -0.25) is 0 Å². The molecule has 1 aliphatic heterocycles. The van der Waals surface area contributed by atoms with Gasteiger partial charge in [-0.1, -0.05) is 20.3 Å². The molecule has 0 aromatic heterocycles. The Kier molecular flexibility index (Phi) is 4.39. The van der Waals surface area contributed by atoms with Gasteiger partial charge in [-0.05, 0) is 32.1 Å². The Morgan fingerprint density at radius 3 is 2.29 bits per heavy atom. The van der Waals surface area contributed by atoms with Gasteiger partial charge in [0.25, 0.3) is 0 Å².